The molecule has 8 N–H and O–H groups in total. The van der Waals surface area contributed by atoms with Crippen LogP contribution in [-0.2, 0) is 62.0 Å². The number of carbonyl (C=O) groups is 8. The monoisotopic (exact) mass is 764 g/mol. The van der Waals surface area contributed by atoms with Crippen molar-refractivity contribution >= 4 is 47.4 Å². The van der Waals surface area contributed by atoms with Gasteiger partial charge in [0.05, 0.1) is 52.9 Å². The summed E-state index contributed by atoms with van der Waals surface area (Å²) in [6, 6.07) is -2.71. The summed E-state index contributed by atoms with van der Waals surface area (Å²) < 4.78 is 26.0. The molecule has 0 radical (unpaired) electrons. The van der Waals surface area contributed by atoms with Gasteiger partial charge in [-0.15, -0.1) is 0 Å². The van der Waals surface area contributed by atoms with E-state index in [1.807, 2.05) is 5.32 Å². The summed E-state index contributed by atoms with van der Waals surface area (Å²) >= 11 is 0. The molecular weight excluding hydrogens is 716 g/mol. The van der Waals surface area contributed by atoms with Crippen LogP contribution in [0.15, 0.2) is 5.11 Å². The van der Waals surface area contributed by atoms with Crippen LogP contribution in [0.1, 0.15) is 32.1 Å². The van der Waals surface area contributed by atoms with Gasteiger partial charge in [0.1, 0.15) is 31.7 Å². The zero-order valence-electron chi connectivity index (χ0n) is 29.1. The molecule has 2 atom stereocenters. The molecule has 24 nitrogen and oxygen atoms in total. The smallest absolute Gasteiger partial charge is 0.326 e. The zero-order valence-corrected chi connectivity index (χ0v) is 29.1. The largest absolute Gasteiger partial charge is 0.481 e. The van der Waals surface area contributed by atoms with Crippen molar-refractivity contribution < 1.29 is 77.4 Å². The molecule has 24 heteroatoms. The van der Waals surface area contributed by atoms with E-state index in [0.29, 0.717) is 0 Å². The summed E-state index contributed by atoms with van der Waals surface area (Å²) in [6.45, 7) is 0.862. The number of rotatable bonds is 34. The maximum atomic E-state index is 12.0. The molecule has 0 heterocycles. The van der Waals surface area contributed by atoms with Gasteiger partial charge in [0.25, 0.3) is 0 Å². The molecular formula is C29H48N8O16. The molecule has 0 spiro atoms. The van der Waals surface area contributed by atoms with E-state index in [2.05, 4.69) is 31.3 Å². The van der Waals surface area contributed by atoms with Crippen LogP contribution in [0.25, 0.3) is 10.4 Å². The quantitative estimate of drug-likeness (QED) is 0.0106. The Morgan fingerprint density at radius 1 is 0.547 bits per heavy atom. The van der Waals surface area contributed by atoms with Crippen LogP contribution in [0.5, 0.6) is 0 Å². The lowest BCUT2D eigenvalue weighted by atomic mass is 10.1. The van der Waals surface area contributed by atoms with Crippen molar-refractivity contribution in [2.45, 2.75) is 44.2 Å². The topological polar surface area (TPSA) is 352 Å². The Kier molecular flexibility index (Phi) is 28.5. The van der Waals surface area contributed by atoms with Crippen LogP contribution in [0.4, 0.5) is 0 Å². The first kappa shape index (κ1) is 47.9. The van der Waals surface area contributed by atoms with E-state index in [9.17, 15) is 43.5 Å². The average Bonchev–Trinajstić information content (AvgIpc) is 3.09. The molecule has 0 aromatic heterocycles. The highest BCUT2D eigenvalue weighted by molar-refractivity contribution is 5.95. The standard InChI is InChI=1S/C29H48N8O16/c30-37-34-8-12-49-9-5-31-23(39)4-2-21(29(47)48)36-26(42)19-53-16-14-51-11-7-33-25(41)18-52-15-13-50-10-6-32-22(38)3-1-20(28(45)46)35-24(40)17-27(43)44/h20-21H,1-19H2,(H,31,39)(H,32,38)(H,33,41)(H,35,40)(H,36,42)(H,43,44)(H,45,46)(H,47,48)/t20-,21-/m0/s1. The number of nitrogens with zero attached hydrogens (tertiary/aromatic N) is 3. The molecule has 0 saturated heterocycles. The molecule has 0 aliphatic rings. The minimum atomic E-state index is -1.42. The minimum absolute atomic E-state index is 0.0141. The number of hydrogen-bond acceptors (Lipinski definition) is 14. The van der Waals surface area contributed by atoms with E-state index < -0.39 is 72.6 Å². The number of carboxylic acid groups (broad SMARTS) is 3. The number of nitrogens with one attached hydrogen (secondary N) is 5. The highest BCUT2D eigenvalue weighted by atomic mass is 16.5. The maximum absolute atomic E-state index is 12.0. The number of carboxylic acids is 3. The summed E-state index contributed by atoms with van der Waals surface area (Å²) in [4.78, 5) is 94.8. The second-order valence-corrected chi connectivity index (χ2v) is 10.5. The average molecular weight is 765 g/mol. The predicted molar refractivity (Wildman–Crippen MR) is 177 cm³/mol. The van der Waals surface area contributed by atoms with Crippen molar-refractivity contribution in [1.82, 2.24) is 26.6 Å². The second kappa shape index (κ2) is 31.6. The molecule has 0 aromatic carbocycles. The first-order valence-corrected chi connectivity index (χ1v) is 16.3. The Morgan fingerprint density at radius 2 is 0.962 bits per heavy atom. The summed E-state index contributed by atoms with van der Waals surface area (Å²) in [5.41, 5.74) is 8.16. The molecule has 0 rings (SSSR count). The summed E-state index contributed by atoms with van der Waals surface area (Å²) in [5, 5.41) is 42.2. The van der Waals surface area contributed by atoms with E-state index in [4.69, 9.17) is 39.4 Å². The van der Waals surface area contributed by atoms with Gasteiger partial charge in [0, 0.05) is 43.9 Å². The Morgan fingerprint density at radius 3 is 1.42 bits per heavy atom. The van der Waals surface area contributed by atoms with Crippen molar-refractivity contribution in [3.05, 3.63) is 10.4 Å². The van der Waals surface area contributed by atoms with Gasteiger partial charge in [0.2, 0.25) is 29.5 Å². The fourth-order valence-electron chi connectivity index (χ4n) is 3.72. The molecule has 5 amide bonds. The molecule has 0 aliphatic carbocycles. The lowest BCUT2D eigenvalue weighted by Gasteiger charge is -2.14. The van der Waals surface area contributed by atoms with E-state index in [-0.39, 0.29) is 111 Å². The molecule has 0 saturated carbocycles. The van der Waals surface area contributed by atoms with Gasteiger partial charge in [-0.1, -0.05) is 5.11 Å². The van der Waals surface area contributed by atoms with E-state index >= 15 is 0 Å². The molecule has 53 heavy (non-hydrogen) atoms. The van der Waals surface area contributed by atoms with E-state index in [0.717, 1.165) is 0 Å². The minimum Gasteiger partial charge on any atom is -0.481 e. The molecule has 0 aromatic rings. The van der Waals surface area contributed by atoms with Gasteiger partial charge in [-0.05, 0) is 18.4 Å². The maximum Gasteiger partial charge on any atom is 0.326 e. The third-order valence-corrected chi connectivity index (χ3v) is 6.21. The van der Waals surface area contributed by atoms with Crippen molar-refractivity contribution in [1.29, 1.82) is 0 Å². The van der Waals surface area contributed by atoms with E-state index in [1.54, 1.807) is 0 Å². The van der Waals surface area contributed by atoms with Crippen LogP contribution < -0.4 is 26.6 Å². The number of hydrogen-bond donors (Lipinski definition) is 8. The number of aliphatic carboxylic acids is 3. The van der Waals surface area contributed by atoms with Crippen LogP contribution in [-0.4, -0.2) is 167 Å². The highest BCUT2D eigenvalue weighted by Crippen LogP contribution is 2.00. The van der Waals surface area contributed by atoms with Gasteiger partial charge < -0.3 is 65.6 Å². The lowest BCUT2D eigenvalue weighted by Crippen LogP contribution is -2.43. The Labute approximate surface area is 303 Å². The molecule has 300 valence electrons. The fourth-order valence-corrected chi connectivity index (χ4v) is 3.72. The summed E-state index contributed by atoms with van der Waals surface area (Å²) in [7, 11) is 0. The third-order valence-electron chi connectivity index (χ3n) is 6.21. The van der Waals surface area contributed by atoms with Gasteiger partial charge in [0.15, 0.2) is 0 Å². The van der Waals surface area contributed by atoms with Crippen LogP contribution in [0, 0.1) is 0 Å². The molecule has 0 aliphatic heterocycles. The van der Waals surface area contributed by atoms with Crippen LogP contribution >= 0.6 is 0 Å². The third kappa shape index (κ3) is 30.2. The predicted octanol–water partition coefficient (Wildman–Crippen LogP) is -3.10. The van der Waals surface area contributed by atoms with Crippen LogP contribution in [0.3, 0.4) is 0 Å². The van der Waals surface area contributed by atoms with Crippen molar-refractivity contribution in [3.63, 3.8) is 0 Å². The molecule has 0 fully saturated rings. The Hall–Kier alpha value is -5.13. The van der Waals surface area contributed by atoms with E-state index in [1.165, 1.54) is 0 Å². The molecule has 0 bridgehead atoms. The summed E-state index contributed by atoms with van der Waals surface area (Å²) in [6.07, 6.45) is -1.66. The summed E-state index contributed by atoms with van der Waals surface area (Å²) in [5.74, 6) is -7.14. The van der Waals surface area contributed by atoms with Gasteiger partial charge in [-0.2, -0.15) is 0 Å². The SMILES string of the molecule is [N-]=[N+]=NCCOCCNC(=O)CC[C@H](NC(=O)COCCOCCNC(=O)COCCOCCNC(=O)CC[C@H](NC(=O)CC(=O)O)C(=O)O)C(=O)O. The molecule has 0 unspecified atom stereocenters. The normalized spacial score (nSPS) is 11.6. The van der Waals surface area contributed by atoms with Gasteiger partial charge >= 0.3 is 17.9 Å². The fraction of sp³-hybridized carbons (Fsp3) is 0.724. The number of amides is 5. The van der Waals surface area contributed by atoms with Gasteiger partial charge in [-0.25, -0.2) is 9.59 Å². The van der Waals surface area contributed by atoms with Gasteiger partial charge in [-0.3, -0.25) is 28.8 Å². The van der Waals surface area contributed by atoms with Crippen molar-refractivity contribution in [2.75, 3.05) is 92.2 Å². The lowest BCUT2D eigenvalue weighted by molar-refractivity contribution is -0.145. The first-order valence-electron chi connectivity index (χ1n) is 16.3. The Bertz CT molecular complexity index is 1220. The number of carbonyl (C=O) groups excluding carboxylic acids is 5. The Balaban J connectivity index is 3.80. The highest BCUT2D eigenvalue weighted by Gasteiger charge is 2.22. The number of azide groups is 1. The van der Waals surface area contributed by atoms with Crippen LogP contribution in [0.2, 0.25) is 0 Å². The second-order valence-electron chi connectivity index (χ2n) is 10.5. The first-order chi connectivity index (χ1) is 25.3. The number of ether oxygens (including phenoxy) is 5. The zero-order chi connectivity index (χ0) is 39.7. The van der Waals surface area contributed by atoms with Crippen molar-refractivity contribution in [2.24, 2.45) is 5.11 Å². The van der Waals surface area contributed by atoms with Crippen molar-refractivity contribution in [3.8, 4) is 0 Å².